The lowest BCUT2D eigenvalue weighted by atomic mass is 9.99. The van der Waals surface area contributed by atoms with Crippen molar-refractivity contribution in [2.75, 3.05) is 14.2 Å². The molecule has 2 rings (SSSR count). The van der Waals surface area contributed by atoms with Crippen molar-refractivity contribution in [1.82, 2.24) is 0 Å². The summed E-state index contributed by atoms with van der Waals surface area (Å²) in [6, 6.07) is 15.8. The molecule has 0 bridgehead atoms. The predicted octanol–water partition coefficient (Wildman–Crippen LogP) is 2.95. The lowest BCUT2D eigenvalue weighted by Gasteiger charge is -2.15. The van der Waals surface area contributed by atoms with Gasteiger partial charge in [0.1, 0.15) is 11.5 Å². The maximum absolute atomic E-state index is 6.25. The van der Waals surface area contributed by atoms with Gasteiger partial charge >= 0.3 is 0 Å². The third-order valence-corrected chi connectivity index (χ3v) is 3.16. The number of hydrogen-bond acceptors (Lipinski definition) is 3. The Bertz CT molecular complexity index is 526. The van der Waals surface area contributed by atoms with Gasteiger partial charge in [-0.2, -0.15) is 0 Å². The summed E-state index contributed by atoms with van der Waals surface area (Å²) < 4.78 is 10.6. The third-order valence-electron chi connectivity index (χ3n) is 3.16. The molecular weight excluding hydrogens is 238 g/mol. The Kier molecular flexibility index (Phi) is 4.42. The molecule has 2 N–H and O–H groups in total. The summed E-state index contributed by atoms with van der Waals surface area (Å²) in [5.41, 5.74) is 8.42. The highest BCUT2D eigenvalue weighted by Gasteiger charge is 2.11. The van der Waals surface area contributed by atoms with E-state index in [1.807, 2.05) is 48.5 Å². The maximum Gasteiger partial charge on any atom is 0.122 e. The maximum atomic E-state index is 6.25. The molecule has 0 saturated carbocycles. The molecule has 0 amide bonds. The zero-order chi connectivity index (χ0) is 13.7. The Hall–Kier alpha value is -2.00. The first kappa shape index (κ1) is 13.4. The molecule has 0 aliphatic carbocycles. The van der Waals surface area contributed by atoms with Crippen molar-refractivity contribution in [3.63, 3.8) is 0 Å². The van der Waals surface area contributed by atoms with Gasteiger partial charge in [0.25, 0.3) is 0 Å². The second kappa shape index (κ2) is 6.25. The van der Waals surface area contributed by atoms with Crippen LogP contribution in [0.4, 0.5) is 0 Å². The van der Waals surface area contributed by atoms with E-state index in [9.17, 15) is 0 Å². The summed E-state index contributed by atoms with van der Waals surface area (Å²) in [6.07, 6.45) is 0.713. The van der Waals surface area contributed by atoms with Crippen LogP contribution in [0.2, 0.25) is 0 Å². The van der Waals surface area contributed by atoms with Crippen LogP contribution in [0.5, 0.6) is 11.5 Å². The minimum atomic E-state index is -0.0535. The van der Waals surface area contributed by atoms with E-state index < -0.39 is 0 Å². The van der Waals surface area contributed by atoms with Gasteiger partial charge in [0.05, 0.1) is 14.2 Å². The van der Waals surface area contributed by atoms with Crippen LogP contribution in [0.15, 0.2) is 48.5 Å². The Balaban J connectivity index is 2.22. The molecule has 0 spiro atoms. The molecule has 19 heavy (non-hydrogen) atoms. The Labute approximate surface area is 114 Å². The van der Waals surface area contributed by atoms with Crippen molar-refractivity contribution in [2.24, 2.45) is 5.73 Å². The van der Waals surface area contributed by atoms with Crippen molar-refractivity contribution in [1.29, 1.82) is 0 Å². The Morgan fingerprint density at radius 1 is 1.00 bits per heavy atom. The zero-order valence-electron chi connectivity index (χ0n) is 11.3. The average molecular weight is 257 g/mol. The van der Waals surface area contributed by atoms with Crippen LogP contribution in [0.25, 0.3) is 0 Å². The van der Waals surface area contributed by atoms with Gasteiger partial charge in [0, 0.05) is 6.04 Å². The van der Waals surface area contributed by atoms with Crippen molar-refractivity contribution in [2.45, 2.75) is 12.5 Å². The zero-order valence-corrected chi connectivity index (χ0v) is 11.3. The van der Waals surface area contributed by atoms with Gasteiger partial charge in [0.2, 0.25) is 0 Å². The molecule has 0 aliphatic rings. The van der Waals surface area contributed by atoms with Gasteiger partial charge in [-0.25, -0.2) is 0 Å². The monoisotopic (exact) mass is 257 g/mol. The fourth-order valence-corrected chi connectivity index (χ4v) is 2.10. The Morgan fingerprint density at radius 2 is 1.74 bits per heavy atom. The highest BCUT2D eigenvalue weighted by Crippen LogP contribution is 2.27. The smallest absolute Gasteiger partial charge is 0.122 e. The van der Waals surface area contributed by atoms with Crippen LogP contribution >= 0.6 is 0 Å². The first-order valence-corrected chi connectivity index (χ1v) is 6.26. The molecule has 0 fully saturated rings. The minimum absolute atomic E-state index is 0.0535. The molecule has 0 radical (unpaired) electrons. The highest BCUT2D eigenvalue weighted by atomic mass is 16.5. The highest BCUT2D eigenvalue weighted by molar-refractivity contribution is 5.41. The fourth-order valence-electron chi connectivity index (χ4n) is 2.10. The molecule has 1 atom stereocenters. The number of hydrogen-bond donors (Lipinski definition) is 1. The van der Waals surface area contributed by atoms with Crippen LogP contribution in [0.3, 0.4) is 0 Å². The fraction of sp³-hybridized carbons (Fsp3) is 0.250. The van der Waals surface area contributed by atoms with Crippen molar-refractivity contribution in [3.8, 4) is 11.5 Å². The van der Waals surface area contributed by atoms with Crippen molar-refractivity contribution < 1.29 is 9.47 Å². The molecule has 0 saturated heterocycles. The van der Waals surface area contributed by atoms with Crippen LogP contribution in [0.1, 0.15) is 17.2 Å². The molecule has 0 aliphatic heterocycles. The molecule has 3 heteroatoms. The second-order valence-electron chi connectivity index (χ2n) is 4.40. The molecule has 1 unspecified atom stereocenters. The van der Waals surface area contributed by atoms with Gasteiger partial charge in [-0.1, -0.05) is 30.3 Å². The van der Waals surface area contributed by atoms with Gasteiger partial charge in [-0.05, 0) is 35.7 Å². The number of nitrogens with two attached hydrogens (primary N) is 1. The molecule has 0 aromatic heterocycles. The standard InChI is InChI=1S/C16H19NO2/c1-18-14-8-9-16(19-2)13(10-14)11-15(17)12-6-4-3-5-7-12/h3-10,15H,11,17H2,1-2H3. The van der Waals surface area contributed by atoms with E-state index in [0.29, 0.717) is 6.42 Å². The van der Waals surface area contributed by atoms with Gasteiger partial charge < -0.3 is 15.2 Å². The van der Waals surface area contributed by atoms with E-state index in [2.05, 4.69) is 0 Å². The number of rotatable bonds is 5. The molecule has 2 aromatic carbocycles. The molecule has 2 aromatic rings. The van der Waals surface area contributed by atoms with Crippen LogP contribution in [-0.2, 0) is 6.42 Å². The van der Waals surface area contributed by atoms with E-state index in [0.717, 1.165) is 22.6 Å². The van der Waals surface area contributed by atoms with E-state index in [4.69, 9.17) is 15.2 Å². The summed E-state index contributed by atoms with van der Waals surface area (Å²) in [5, 5.41) is 0. The number of benzene rings is 2. The summed E-state index contributed by atoms with van der Waals surface area (Å²) in [4.78, 5) is 0. The quantitative estimate of drug-likeness (QED) is 0.895. The summed E-state index contributed by atoms with van der Waals surface area (Å²) in [6.45, 7) is 0. The summed E-state index contributed by atoms with van der Waals surface area (Å²) in [5.74, 6) is 1.66. The van der Waals surface area contributed by atoms with Gasteiger partial charge in [0.15, 0.2) is 0 Å². The molecule has 3 nitrogen and oxygen atoms in total. The molecule has 100 valence electrons. The number of methoxy groups -OCH3 is 2. The lowest BCUT2D eigenvalue weighted by Crippen LogP contribution is -2.13. The SMILES string of the molecule is COc1ccc(OC)c(CC(N)c2ccccc2)c1. The second-order valence-corrected chi connectivity index (χ2v) is 4.40. The van der Waals surface area contributed by atoms with E-state index in [-0.39, 0.29) is 6.04 Å². The summed E-state index contributed by atoms with van der Waals surface area (Å²) in [7, 11) is 3.32. The van der Waals surface area contributed by atoms with Gasteiger partial charge in [-0.3, -0.25) is 0 Å². The van der Waals surface area contributed by atoms with E-state index in [1.54, 1.807) is 14.2 Å². The lowest BCUT2D eigenvalue weighted by molar-refractivity contribution is 0.397. The molecular formula is C16H19NO2. The topological polar surface area (TPSA) is 44.5 Å². The molecule has 0 heterocycles. The van der Waals surface area contributed by atoms with E-state index >= 15 is 0 Å². The third kappa shape index (κ3) is 3.26. The first-order chi connectivity index (χ1) is 9.24. The van der Waals surface area contributed by atoms with Crippen LogP contribution in [0, 0.1) is 0 Å². The van der Waals surface area contributed by atoms with E-state index in [1.165, 1.54) is 0 Å². The Morgan fingerprint density at radius 3 is 2.37 bits per heavy atom. The number of ether oxygens (including phenoxy) is 2. The van der Waals surface area contributed by atoms with Crippen molar-refractivity contribution in [3.05, 3.63) is 59.7 Å². The largest absolute Gasteiger partial charge is 0.497 e. The van der Waals surface area contributed by atoms with Crippen LogP contribution in [-0.4, -0.2) is 14.2 Å². The normalized spacial score (nSPS) is 11.9. The van der Waals surface area contributed by atoms with Gasteiger partial charge in [-0.15, -0.1) is 0 Å². The first-order valence-electron chi connectivity index (χ1n) is 6.26. The van der Waals surface area contributed by atoms with Crippen LogP contribution < -0.4 is 15.2 Å². The average Bonchev–Trinajstić information content (AvgIpc) is 2.48. The van der Waals surface area contributed by atoms with Crippen molar-refractivity contribution >= 4 is 0 Å². The predicted molar refractivity (Wildman–Crippen MR) is 76.6 cm³/mol. The minimum Gasteiger partial charge on any atom is -0.497 e. The summed E-state index contributed by atoms with van der Waals surface area (Å²) >= 11 is 0.